The van der Waals surface area contributed by atoms with Crippen LogP contribution in [0.4, 0.5) is 5.69 Å². The maximum atomic E-state index is 10.8. The zero-order chi connectivity index (χ0) is 18.0. The van der Waals surface area contributed by atoms with Crippen molar-refractivity contribution in [1.82, 2.24) is 0 Å². The second kappa shape index (κ2) is 9.68. The van der Waals surface area contributed by atoms with Crippen molar-refractivity contribution in [2.24, 2.45) is 9.98 Å². The van der Waals surface area contributed by atoms with E-state index < -0.39 is 22.1 Å². The molecular formula is C15H18N4O4. The number of nitriles is 1. The van der Waals surface area contributed by atoms with E-state index in [1.807, 2.05) is 19.9 Å². The molecule has 0 unspecified atom stereocenters. The van der Waals surface area contributed by atoms with E-state index in [2.05, 4.69) is 9.98 Å². The van der Waals surface area contributed by atoms with Crippen LogP contribution in [0.15, 0.2) is 27.7 Å². The third-order valence-electron chi connectivity index (χ3n) is 2.42. The first-order valence-corrected chi connectivity index (χ1v) is 6.72. The number of hydrogen-bond acceptors (Lipinski definition) is 6. The largest absolute Gasteiger partial charge is 0.504 e. The van der Waals surface area contributed by atoms with Gasteiger partial charge in [0.25, 0.3) is 0 Å². The van der Waals surface area contributed by atoms with Gasteiger partial charge in [0.05, 0.1) is 10.5 Å². The quantitative estimate of drug-likeness (QED) is 0.221. The molecule has 0 radical (unpaired) electrons. The Kier molecular flexibility index (Phi) is 8.33. The van der Waals surface area contributed by atoms with Gasteiger partial charge in [-0.25, -0.2) is 4.99 Å². The van der Waals surface area contributed by atoms with Gasteiger partial charge < -0.3 is 10.2 Å². The Morgan fingerprint density at radius 1 is 1.39 bits per heavy atom. The number of nitrogens with zero attached hydrogens (tertiary/aromatic N) is 4. The van der Waals surface area contributed by atoms with Gasteiger partial charge in [0.15, 0.2) is 11.6 Å². The summed E-state index contributed by atoms with van der Waals surface area (Å²) in [6.45, 7) is 5.65. The van der Waals surface area contributed by atoms with Crippen molar-refractivity contribution in [2.45, 2.75) is 20.8 Å². The Bertz CT molecular complexity index is 700. The molecule has 2 N–H and O–H groups in total. The van der Waals surface area contributed by atoms with E-state index in [-0.39, 0.29) is 17.0 Å². The summed E-state index contributed by atoms with van der Waals surface area (Å²) in [4.78, 5) is 17.7. The number of phenols is 2. The zero-order valence-electron chi connectivity index (χ0n) is 13.3. The molecule has 0 aliphatic rings. The van der Waals surface area contributed by atoms with Gasteiger partial charge in [-0.05, 0) is 24.6 Å². The summed E-state index contributed by atoms with van der Waals surface area (Å²) in [7, 11) is 1.45. The molecule has 0 spiro atoms. The number of rotatable bonds is 3. The number of benzene rings is 1. The van der Waals surface area contributed by atoms with Crippen LogP contribution in [0.5, 0.6) is 11.5 Å². The second-order valence-electron chi connectivity index (χ2n) is 3.77. The minimum Gasteiger partial charge on any atom is -0.504 e. The summed E-state index contributed by atoms with van der Waals surface area (Å²) in [6, 6.07) is 4.01. The molecular weight excluding hydrogens is 300 g/mol. The zero-order valence-corrected chi connectivity index (χ0v) is 13.3. The minimum absolute atomic E-state index is 0.0648. The van der Waals surface area contributed by atoms with Gasteiger partial charge in [-0.15, -0.1) is 0 Å². The SMILES string of the molecule is CC.CC=NC(=NC)/C(C#N)=C/c1cc(O)c(O)c([N+](=O)[O-])c1. The van der Waals surface area contributed by atoms with Crippen LogP contribution in [-0.4, -0.2) is 34.2 Å². The molecule has 8 nitrogen and oxygen atoms in total. The summed E-state index contributed by atoms with van der Waals surface area (Å²) >= 11 is 0. The number of hydrogen-bond donors (Lipinski definition) is 2. The molecule has 23 heavy (non-hydrogen) atoms. The van der Waals surface area contributed by atoms with E-state index in [0.717, 1.165) is 12.1 Å². The molecule has 8 heteroatoms. The first kappa shape index (κ1) is 19.8. The average molecular weight is 318 g/mol. The number of nitro groups is 1. The van der Waals surface area contributed by atoms with Gasteiger partial charge in [-0.2, -0.15) is 5.26 Å². The number of phenolic OH excluding ortho intramolecular Hbond substituents is 2. The minimum atomic E-state index is -0.836. The fraction of sp³-hybridized carbons (Fsp3) is 0.267. The lowest BCUT2D eigenvalue weighted by atomic mass is 10.1. The van der Waals surface area contributed by atoms with Crippen molar-refractivity contribution >= 4 is 23.8 Å². The molecule has 0 aliphatic carbocycles. The van der Waals surface area contributed by atoms with E-state index >= 15 is 0 Å². The summed E-state index contributed by atoms with van der Waals surface area (Å²) in [5, 5.41) is 38.8. The van der Waals surface area contributed by atoms with E-state index in [9.17, 15) is 20.3 Å². The molecule has 0 saturated carbocycles. The molecule has 0 bridgehead atoms. The van der Waals surface area contributed by atoms with E-state index in [1.165, 1.54) is 19.3 Å². The van der Waals surface area contributed by atoms with Gasteiger partial charge in [0.2, 0.25) is 5.75 Å². The summed E-state index contributed by atoms with van der Waals surface area (Å²) < 4.78 is 0. The van der Waals surface area contributed by atoms with Crippen LogP contribution >= 0.6 is 0 Å². The maximum absolute atomic E-state index is 10.8. The fourth-order valence-electron chi connectivity index (χ4n) is 1.53. The fourth-order valence-corrected chi connectivity index (χ4v) is 1.53. The molecule has 0 aliphatic heterocycles. The maximum Gasteiger partial charge on any atom is 0.315 e. The molecule has 122 valence electrons. The summed E-state index contributed by atoms with van der Waals surface area (Å²) in [6.07, 6.45) is 2.73. The molecule has 0 fully saturated rings. The standard InChI is InChI=1S/C13H12N4O4.C2H6/c1-3-16-13(15-2)9(7-14)4-8-5-10(17(20)21)12(19)11(18)6-8;1-2/h3-6,18-19H,1-2H3;1-2H3/b9-4+,15-13?,16-3?;. The highest BCUT2D eigenvalue weighted by molar-refractivity contribution is 6.08. The first-order chi connectivity index (χ1) is 10.9. The summed E-state index contributed by atoms with van der Waals surface area (Å²) in [5.41, 5.74) is -0.427. The molecule has 1 aromatic carbocycles. The highest BCUT2D eigenvalue weighted by Gasteiger charge is 2.18. The molecule has 0 saturated heterocycles. The van der Waals surface area contributed by atoms with Crippen molar-refractivity contribution in [1.29, 1.82) is 5.26 Å². The van der Waals surface area contributed by atoms with Crippen molar-refractivity contribution in [2.75, 3.05) is 7.05 Å². The topological polar surface area (TPSA) is 132 Å². The van der Waals surface area contributed by atoms with Crippen LogP contribution in [0.2, 0.25) is 0 Å². The number of aliphatic imine (C=N–C) groups is 2. The molecule has 1 aromatic rings. The Morgan fingerprint density at radius 2 is 2.00 bits per heavy atom. The van der Waals surface area contributed by atoms with Gasteiger partial charge in [0, 0.05) is 19.3 Å². The Balaban J connectivity index is 0.00000232. The van der Waals surface area contributed by atoms with Crippen molar-refractivity contribution < 1.29 is 15.1 Å². The molecule has 1 rings (SSSR count). The van der Waals surface area contributed by atoms with Crippen LogP contribution in [0.25, 0.3) is 6.08 Å². The van der Waals surface area contributed by atoms with Crippen molar-refractivity contribution in [3.05, 3.63) is 33.4 Å². The monoisotopic (exact) mass is 318 g/mol. The molecule has 0 aromatic heterocycles. The van der Waals surface area contributed by atoms with E-state index in [4.69, 9.17) is 5.26 Å². The highest BCUT2D eigenvalue weighted by atomic mass is 16.6. The van der Waals surface area contributed by atoms with Crippen LogP contribution in [0, 0.1) is 21.4 Å². The van der Waals surface area contributed by atoms with Gasteiger partial charge in [-0.1, -0.05) is 13.8 Å². The second-order valence-corrected chi connectivity index (χ2v) is 3.77. The van der Waals surface area contributed by atoms with Crippen LogP contribution < -0.4 is 0 Å². The number of nitro benzene ring substituents is 1. The van der Waals surface area contributed by atoms with Crippen LogP contribution in [0.3, 0.4) is 0 Å². The third-order valence-corrected chi connectivity index (χ3v) is 2.42. The van der Waals surface area contributed by atoms with Gasteiger partial charge >= 0.3 is 5.69 Å². The Morgan fingerprint density at radius 3 is 2.43 bits per heavy atom. The van der Waals surface area contributed by atoms with Gasteiger partial charge in [-0.3, -0.25) is 15.1 Å². The summed E-state index contributed by atoms with van der Waals surface area (Å²) in [5.74, 6) is -1.33. The van der Waals surface area contributed by atoms with E-state index in [0.29, 0.717) is 0 Å². The number of aromatic hydroxyl groups is 2. The average Bonchev–Trinajstić information content (AvgIpc) is 2.55. The lowest BCUT2D eigenvalue weighted by Crippen LogP contribution is -1.98. The molecule has 0 heterocycles. The van der Waals surface area contributed by atoms with E-state index in [1.54, 1.807) is 6.92 Å². The molecule has 0 atom stereocenters. The normalized spacial score (nSPS) is 11.6. The van der Waals surface area contributed by atoms with Gasteiger partial charge in [0.1, 0.15) is 6.07 Å². The Hall–Kier alpha value is -3.21. The lowest BCUT2D eigenvalue weighted by Gasteiger charge is -2.02. The van der Waals surface area contributed by atoms with Crippen molar-refractivity contribution in [3.63, 3.8) is 0 Å². The number of amidine groups is 1. The third kappa shape index (κ3) is 5.24. The lowest BCUT2D eigenvalue weighted by molar-refractivity contribution is -0.386. The first-order valence-electron chi connectivity index (χ1n) is 6.72. The highest BCUT2D eigenvalue weighted by Crippen LogP contribution is 2.36. The molecule has 0 amide bonds. The predicted molar refractivity (Wildman–Crippen MR) is 88.9 cm³/mol. The smallest absolute Gasteiger partial charge is 0.315 e. The van der Waals surface area contributed by atoms with Crippen molar-refractivity contribution in [3.8, 4) is 17.6 Å². The van der Waals surface area contributed by atoms with Crippen LogP contribution in [0.1, 0.15) is 26.3 Å². The Labute approximate surface area is 133 Å². The van der Waals surface area contributed by atoms with Crippen LogP contribution in [-0.2, 0) is 0 Å². The predicted octanol–water partition coefficient (Wildman–Crippen LogP) is 3.06.